The van der Waals surface area contributed by atoms with Crippen molar-refractivity contribution in [1.29, 1.82) is 0 Å². The summed E-state index contributed by atoms with van der Waals surface area (Å²) in [5, 5.41) is 4.85. The van der Waals surface area contributed by atoms with Crippen molar-refractivity contribution < 1.29 is 4.57 Å². The highest BCUT2D eigenvalue weighted by atomic mass is 31.2. The molecule has 0 bridgehead atoms. The molecule has 0 aromatic heterocycles. The van der Waals surface area contributed by atoms with Crippen LogP contribution in [0.2, 0.25) is 0 Å². The summed E-state index contributed by atoms with van der Waals surface area (Å²) in [4.78, 5) is 0. The van der Waals surface area contributed by atoms with Crippen LogP contribution in [0.1, 0.15) is 79.1 Å². The normalized spacial score (nSPS) is 32.3. The van der Waals surface area contributed by atoms with Crippen LogP contribution in [0.3, 0.4) is 0 Å². The molecule has 1 saturated carbocycles. The van der Waals surface area contributed by atoms with E-state index in [0.29, 0.717) is 12.1 Å². The second-order valence-electron chi connectivity index (χ2n) is 10.8. The van der Waals surface area contributed by atoms with E-state index >= 15 is 4.57 Å². The molecule has 1 atom stereocenters. The van der Waals surface area contributed by atoms with Gasteiger partial charge in [0.05, 0.1) is 0 Å². The van der Waals surface area contributed by atoms with Crippen molar-refractivity contribution in [2.45, 2.75) is 102 Å². The molecular formula is C24H40N3OP. The van der Waals surface area contributed by atoms with Crippen LogP contribution in [0, 0.1) is 0 Å². The predicted octanol–water partition coefficient (Wildman–Crippen LogP) is 5.15. The molecule has 4 rings (SSSR count). The molecule has 162 valence electrons. The Hall–Kier alpha value is -0.670. The summed E-state index contributed by atoms with van der Waals surface area (Å²) in [6, 6.07) is 11.2. The molecule has 1 aromatic carbocycles. The number of benzene rings is 1. The maximum absolute atomic E-state index is 15.1. The zero-order chi connectivity index (χ0) is 20.7. The third kappa shape index (κ3) is 4.37. The molecule has 2 saturated heterocycles. The van der Waals surface area contributed by atoms with Crippen LogP contribution in [0.4, 0.5) is 0 Å². The van der Waals surface area contributed by atoms with Crippen molar-refractivity contribution in [1.82, 2.24) is 14.7 Å². The minimum atomic E-state index is -2.80. The van der Waals surface area contributed by atoms with E-state index in [9.17, 15) is 0 Å². The minimum absolute atomic E-state index is 0.0566. The second-order valence-corrected chi connectivity index (χ2v) is 13.4. The van der Waals surface area contributed by atoms with Gasteiger partial charge >= 0.3 is 0 Å². The average Bonchev–Trinajstić information content (AvgIpc) is 2.67. The van der Waals surface area contributed by atoms with Gasteiger partial charge in [-0.15, -0.1) is 0 Å². The molecule has 0 amide bonds. The van der Waals surface area contributed by atoms with Gasteiger partial charge in [0.25, 0.3) is 0 Å². The van der Waals surface area contributed by atoms with Gasteiger partial charge in [-0.3, -0.25) is 4.57 Å². The molecule has 0 radical (unpaired) electrons. The molecular weight excluding hydrogens is 377 g/mol. The first-order valence-electron chi connectivity index (χ1n) is 11.7. The summed E-state index contributed by atoms with van der Waals surface area (Å²) < 4.78 is 20.1. The molecule has 3 fully saturated rings. The first-order chi connectivity index (χ1) is 13.7. The Labute approximate surface area is 177 Å². The van der Waals surface area contributed by atoms with Crippen molar-refractivity contribution in [3.05, 3.63) is 30.3 Å². The molecule has 3 aliphatic rings. The van der Waals surface area contributed by atoms with Gasteiger partial charge in [-0.2, -0.15) is 0 Å². The first-order valence-corrected chi connectivity index (χ1v) is 13.3. The summed E-state index contributed by atoms with van der Waals surface area (Å²) in [5.41, 5.74) is 0.113. The number of hydrogen-bond acceptors (Lipinski definition) is 2. The van der Waals surface area contributed by atoms with Crippen LogP contribution in [-0.2, 0) is 4.57 Å². The van der Waals surface area contributed by atoms with Crippen LogP contribution in [0.15, 0.2) is 30.3 Å². The number of nitrogens with one attached hydrogen (secondary N) is 1. The molecule has 1 unspecified atom stereocenters. The van der Waals surface area contributed by atoms with Crippen molar-refractivity contribution in [2.24, 2.45) is 0 Å². The van der Waals surface area contributed by atoms with E-state index in [1.165, 1.54) is 32.1 Å². The maximum atomic E-state index is 15.1. The lowest BCUT2D eigenvalue weighted by Crippen LogP contribution is -2.63. The third-order valence-electron chi connectivity index (χ3n) is 7.15. The van der Waals surface area contributed by atoms with Gasteiger partial charge in [0.15, 0.2) is 0 Å². The van der Waals surface area contributed by atoms with Crippen molar-refractivity contribution in [2.75, 3.05) is 13.1 Å². The van der Waals surface area contributed by atoms with E-state index in [1.54, 1.807) is 0 Å². The van der Waals surface area contributed by atoms with E-state index in [4.69, 9.17) is 0 Å². The average molecular weight is 418 g/mol. The molecule has 1 aromatic rings. The quantitative estimate of drug-likeness (QED) is 0.690. The molecule has 5 heteroatoms. The molecule has 1 aliphatic carbocycles. The zero-order valence-electron chi connectivity index (χ0n) is 18.9. The number of piperidine rings is 1. The molecule has 1 N–H and O–H groups in total. The number of rotatable bonds is 3. The van der Waals surface area contributed by atoms with Crippen LogP contribution in [0.5, 0.6) is 0 Å². The Balaban J connectivity index is 1.74. The lowest BCUT2D eigenvalue weighted by Gasteiger charge is -2.55. The van der Waals surface area contributed by atoms with Gasteiger partial charge in [0.2, 0.25) is 7.44 Å². The molecule has 2 aliphatic heterocycles. The van der Waals surface area contributed by atoms with Gasteiger partial charge in [-0.25, -0.2) is 9.34 Å². The highest BCUT2D eigenvalue weighted by molar-refractivity contribution is 7.67. The smallest absolute Gasteiger partial charge is 0.246 e. The fourth-order valence-corrected chi connectivity index (χ4v) is 9.95. The van der Waals surface area contributed by atoms with Crippen LogP contribution >= 0.6 is 7.44 Å². The summed E-state index contributed by atoms with van der Waals surface area (Å²) in [5.74, 6) is 0. The van der Waals surface area contributed by atoms with Crippen LogP contribution in [0.25, 0.3) is 0 Å². The van der Waals surface area contributed by atoms with Gasteiger partial charge in [0, 0.05) is 41.6 Å². The van der Waals surface area contributed by atoms with E-state index in [0.717, 1.165) is 37.7 Å². The fourth-order valence-electron chi connectivity index (χ4n) is 6.40. The molecule has 4 nitrogen and oxygen atoms in total. The van der Waals surface area contributed by atoms with Gasteiger partial charge < -0.3 is 5.32 Å². The lowest BCUT2D eigenvalue weighted by molar-refractivity contribution is 0.0909. The topological polar surface area (TPSA) is 35.6 Å². The summed E-state index contributed by atoms with van der Waals surface area (Å²) in [6.45, 7) is 11.1. The Kier molecular flexibility index (Phi) is 6.03. The standard InChI is InChI=1S/C24H40N3OP/c1-23(2)18-21(19-24(3,4)25-23)27-17-11-16-26(20-12-7-5-8-13-20)29(27,28)22-14-9-6-10-15-22/h6,9-10,14-15,20-21,25H,5,7-8,11-13,16-19H2,1-4H3. The highest BCUT2D eigenvalue weighted by Crippen LogP contribution is 2.59. The highest BCUT2D eigenvalue weighted by Gasteiger charge is 2.50. The summed E-state index contributed by atoms with van der Waals surface area (Å²) >= 11 is 0. The van der Waals surface area contributed by atoms with Crippen LogP contribution < -0.4 is 10.6 Å². The summed E-state index contributed by atoms with van der Waals surface area (Å²) in [6.07, 6.45) is 9.52. The SMILES string of the molecule is CC1(C)CC(N2CCCN(C3CCCCC3)P2(=O)c2ccccc2)CC(C)(C)N1. The van der Waals surface area contributed by atoms with E-state index in [2.05, 4.69) is 66.6 Å². The largest absolute Gasteiger partial charge is 0.307 e. The van der Waals surface area contributed by atoms with Gasteiger partial charge in [-0.1, -0.05) is 37.5 Å². The second kappa shape index (κ2) is 8.11. The zero-order valence-corrected chi connectivity index (χ0v) is 19.8. The number of hydrogen-bond donors (Lipinski definition) is 1. The molecule has 0 spiro atoms. The molecule has 29 heavy (non-hydrogen) atoms. The Morgan fingerprint density at radius 1 is 0.828 bits per heavy atom. The fraction of sp³-hybridized carbons (Fsp3) is 0.750. The third-order valence-corrected chi connectivity index (χ3v) is 10.6. The van der Waals surface area contributed by atoms with Crippen molar-refractivity contribution in [3.63, 3.8) is 0 Å². The van der Waals surface area contributed by atoms with Gasteiger partial charge in [-0.05, 0) is 71.9 Å². The number of nitrogens with zero attached hydrogens (tertiary/aromatic N) is 2. The maximum Gasteiger partial charge on any atom is 0.246 e. The Morgan fingerprint density at radius 2 is 1.38 bits per heavy atom. The molecule has 2 heterocycles. The summed E-state index contributed by atoms with van der Waals surface area (Å²) in [7, 11) is -2.80. The van der Waals surface area contributed by atoms with Gasteiger partial charge in [0.1, 0.15) is 0 Å². The Morgan fingerprint density at radius 3 is 1.97 bits per heavy atom. The van der Waals surface area contributed by atoms with Crippen molar-refractivity contribution >= 4 is 12.7 Å². The van der Waals surface area contributed by atoms with E-state index in [1.807, 2.05) is 6.07 Å². The van der Waals surface area contributed by atoms with Crippen molar-refractivity contribution in [3.8, 4) is 0 Å². The van der Waals surface area contributed by atoms with E-state index in [-0.39, 0.29) is 11.1 Å². The van der Waals surface area contributed by atoms with Crippen LogP contribution in [-0.4, -0.2) is 45.6 Å². The monoisotopic (exact) mass is 417 g/mol. The predicted molar refractivity (Wildman–Crippen MR) is 123 cm³/mol. The lowest BCUT2D eigenvalue weighted by atomic mass is 9.79. The minimum Gasteiger partial charge on any atom is -0.307 e. The first kappa shape index (κ1) is 21.6. The van der Waals surface area contributed by atoms with E-state index < -0.39 is 7.44 Å². The Bertz CT molecular complexity index is 726.